The number of rotatable bonds is 5. The zero-order valence-electron chi connectivity index (χ0n) is 20.0. The standard InChI is InChI=1S/C25H29FN4O2S2/c1-15(2)27-19(31)13-29-20(32)14-34-22(18-7-6-12-33-18)21-23(25(3,4)5)28-30(24(21)29)17-10-8-16(26)9-11-17/h6-12,15,22H,13-14H2,1-5H3,(H,27,31)/t22-/m0/s1. The number of fused-ring (bicyclic) bond motifs is 1. The lowest BCUT2D eigenvalue weighted by atomic mass is 9.88. The predicted octanol–water partition coefficient (Wildman–Crippen LogP) is 5.06. The molecule has 0 spiro atoms. The average Bonchev–Trinajstić information content (AvgIpc) is 3.38. The number of anilines is 1. The van der Waals surface area contributed by atoms with Gasteiger partial charge < -0.3 is 5.32 Å². The minimum absolute atomic E-state index is 0.0468. The van der Waals surface area contributed by atoms with Gasteiger partial charge >= 0.3 is 0 Å². The molecular formula is C25H29FN4O2S2. The Balaban J connectivity index is 1.98. The molecule has 2 aromatic heterocycles. The zero-order chi connectivity index (χ0) is 24.6. The van der Waals surface area contributed by atoms with E-state index in [0.29, 0.717) is 11.5 Å². The lowest BCUT2D eigenvalue weighted by molar-refractivity contribution is -0.123. The van der Waals surface area contributed by atoms with Crippen molar-refractivity contribution in [2.24, 2.45) is 0 Å². The van der Waals surface area contributed by atoms with Gasteiger partial charge in [0.05, 0.1) is 22.4 Å². The fraction of sp³-hybridized carbons (Fsp3) is 0.400. The normalized spacial score (nSPS) is 16.5. The third-order valence-electron chi connectivity index (χ3n) is 5.42. The highest BCUT2D eigenvalue weighted by Gasteiger charge is 2.40. The highest BCUT2D eigenvalue weighted by Crippen LogP contribution is 2.49. The van der Waals surface area contributed by atoms with E-state index in [9.17, 15) is 14.0 Å². The molecule has 1 N–H and O–H groups in total. The van der Waals surface area contributed by atoms with Crippen molar-refractivity contribution >= 4 is 40.7 Å². The number of thioether (sulfide) groups is 1. The highest BCUT2D eigenvalue weighted by molar-refractivity contribution is 8.00. The van der Waals surface area contributed by atoms with Crippen LogP contribution < -0.4 is 10.2 Å². The van der Waals surface area contributed by atoms with E-state index in [-0.39, 0.29) is 46.6 Å². The van der Waals surface area contributed by atoms with E-state index in [4.69, 9.17) is 5.10 Å². The summed E-state index contributed by atoms with van der Waals surface area (Å²) in [5, 5.41) is 9.78. The summed E-state index contributed by atoms with van der Waals surface area (Å²) in [6, 6.07) is 10.1. The van der Waals surface area contributed by atoms with Crippen molar-refractivity contribution in [2.45, 2.75) is 51.3 Å². The second-order valence-corrected chi connectivity index (χ2v) is 11.7. The van der Waals surface area contributed by atoms with E-state index in [0.717, 1.165) is 16.1 Å². The van der Waals surface area contributed by atoms with Gasteiger partial charge in [-0.25, -0.2) is 9.07 Å². The van der Waals surface area contributed by atoms with E-state index in [1.54, 1.807) is 44.8 Å². The summed E-state index contributed by atoms with van der Waals surface area (Å²) in [5.41, 5.74) is 2.08. The number of carbonyl (C=O) groups is 2. The SMILES string of the molecule is CC(C)NC(=O)CN1C(=O)CS[C@@H](c2cccs2)c2c(C(C)(C)C)nn(-c3ccc(F)cc3)c21. The number of benzene rings is 1. The van der Waals surface area contributed by atoms with Crippen LogP contribution in [0.1, 0.15) is 56.0 Å². The molecule has 3 aromatic rings. The molecule has 1 aliphatic heterocycles. The molecule has 1 aliphatic rings. The fourth-order valence-electron chi connectivity index (χ4n) is 4.01. The molecule has 2 amide bonds. The van der Waals surface area contributed by atoms with Gasteiger partial charge in [0, 0.05) is 21.9 Å². The molecule has 4 rings (SSSR count). The Kier molecular flexibility index (Phi) is 6.87. The molecule has 0 saturated heterocycles. The molecule has 3 heterocycles. The van der Waals surface area contributed by atoms with Crippen molar-refractivity contribution in [3.63, 3.8) is 0 Å². The van der Waals surface area contributed by atoms with Gasteiger partial charge in [0.25, 0.3) is 0 Å². The molecule has 0 radical (unpaired) electrons. The van der Waals surface area contributed by atoms with Crippen molar-refractivity contribution < 1.29 is 14.0 Å². The van der Waals surface area contributed by atoms with Gasteiger partial charge in [0.1, 0.15) is 18.2 Å². The number of carbonyl (C=O) groups excluding carboxylic acids is 2. The summed E-state index contributed by atoms with van der Waals surface area (Å²) in [4.78, 5) is 28.9. The number of amides is 2. The first-order valence-corrected chi connectivity index (χ1v) is 13.1. The Hall–Kier alpha value is -2.65. The van der Waals surface area contributed by atoms with E-state index < -0.39 is 0 Å². The average molecular weight is 501 g/mol. The number of aromatic nitrogens is 2. The molecule has 6 nitrogen and oxygen atoms in total. The number of nitrogens with one attached hydrogen (secondary N) is 1. The molecule has 180 valence electrons. The monoisotopic (exact) mass is 500 g/mol. The smallest absolute Gasteiger partial charge is 0.240 e. The minimum atomic E-state index is -0.352. The molecule has 34 heavy (non-hydrogen) atoms. The fourth-order valence-corrected chi connectivity index (χ4v) is 6.19. The summed E-state index contributed by atoms with van der Waals surface area (Å²) in [7, 11) is 0. The van der Waals surface area contributed by atoms with Crippen molar-refractivity contribution in [1.29, 1.82) is 0 Å². The Morgan fingerprint density at radius 2 is 1.94 bits per heavy atom. The molecule has 9 heteroatoms. The minimum Gasteiger partial charge on any atom is -0.352 e. The van der Waals surface area contributed by atoms with E-state index in [1.165, 1.54) is 12.1 Å². The van der Waals surface area contributed by atoms with Crippen LogP contribution >= 0.6 is 23.1 Å². The first-order chi connectivity index (χ1) is 16.1. The summed E-state index contributed by atoms with van der Waals surface area (Å²) < 4.78 is 15.4. The molecule has 1 atom stereocenters. The van der Waals surface area contributed by atoms with Crippen LogP contribution in [0.15, 0.2) is 41.8 Å². The quantitative estimate of drug-likeness (QED) is 0.532. The summed E-state index contributed by atoms with van der Waals surface area (Å²) in [6.45, 7) is 9.92. The van der Waals surface area contributed by atoms with Crippen molar-refractivity contribution in [3.8, 4) is 5.69 Å². The largest absolute Gasteiger partial charge is 0.352 e. The van der Waals surface area contributed by atoms with Crippen LogP contribution in [0, 0.1) is 5.82 Å². The molecule has 0 bridgehead atoms. The Labute approximate surface area is 207 Å². The molecule has 0 aliphatic carbocycles. The summed E-state index contributed by atoms with van der Waals surface area (Å²) in [5.74, 6) is 0.0586. The maximum Gasteiger partial charge on any atom is 0.240 e. The third kappa shape index (κ3) is 4.90. The number of nitrogens with zero attached hydrogens (tertiary/aromatic N) is 3. The van der Waals surface area contributed by atoms with Crippen LogP contribution in [0.4, 0.5) is 10.2 Å². The first-order valence-electron chi connectivity index (χ1n) is 11.2. The van der Waals surface area contributed by atoms with Gasteiger partial charge in [-0.1, -0.05) is 26.8 Å². The lowest BCUT2D eigenvalue weighted by Gasteiger charge is -2.24. The number of hydrogen-bond donors (Lipinski definition) is 1. The molecule has 0 fully saturated rings. The maximum atomic E-state index is 13.7. The van der Waals surface area contributed by atoms with E-state index in [1.807, 2.05) is 25.3 Å². The van der Waals surface area contributed by atoms with Crippen molar-refractivity contribution in [1.82, 2.24) is 15.1 Å². The second-order valence-electron chi connectivity index (χ2n) is 9.63. The number of thiophene rings is 1. The maximum absolute atomic E-state index is 13.7. The third-order valence-corrected chi connectivity index (χ3v) is 7.75. The lowest BCUT2D eigenvalue weighted by Crippen LogP contribution is -2.44. The number of hydrogen-bond acceptors (Lipinski definition) is 5. The second kappa shape index (κ2) is 9.54. The van der Waals surface area contributed by atoms with Gasteiger partial charge in [-0.05, 0) is 49.6 Å². The number of halogens is 1. The van der Waals surface area contributed by atoms with Crippen LogP contribution in [0.2, 0.25) is 0 Å². The molecule has 0 saturated carbocycles. The van der Waals surface area contributed by atoms with Crippen LogP contribution in [0.3, 0.4) is 0 Å². The summed E-state index contributed by atoms with van der Waals surface area (Å²) in [6.07, 6.45) is 0. The van der Waals surface area contributed by atoms with Crippen molar-refractivity contribution in [2.75, 3.05) is 17.2 Å². The highest BCUT2D eigenvalue weighted by atomic mass is 32.2. The zero-order valence-corrected chi connectivity index (χ0v) is 21.6. The molecule has 1 aromatic carbocycles. The van der Waals surface area contributed by atoms with Gasteiger partial charge in [0.15, 0.2) is 0 Å². The van der Waals surface area contributed by atoms with Crippen molar-refractivity contribution in [3.05, 3.63) is 63.7 Å². The van der Waals surface area contributed by atoms with Gasteiger partial charge in [0.2, 0.25) is 11.8 Å². The van der Waals surface area contributed by atoms with Gasteiger partial charge in [-0.3, -0.25) is 14.5 Å². The van der Waals surface area contributed by atoms with E-state index >= 15 is 0 Å². The summed E-state index contributed by atoms with van der Waals surface area (Å²) >= 11 is 3.19. The van der Waals surface area contributed by atoms with E-state index in [2.05, 4.69) is 32.2 Å². The molecule has 0 unspecified atom stereocenters. The molecular weight excluding hydrogens is 471 g/mol. The van der Waals surface area contributed by atoms with Gasteiger partial charge in [-0.2, -0.15) is 5.10 Å². The first kappa shape index (κ1) is 24.5. The Morgan fingerprint density at radius 1 is 1.24 bits per heavy atom. The predicted molar refractivity (Wildman–Crippen MR) is 136 cm³/mol. The van der Waals surface area contributed by atoms with Crippen LogP contribution in [-0.2, 0) is 15.0 Å². The van der Waals surface area contributed by atoms with Gasteiger partial charge in [-0.15, -0.1) is 23.1 Å². The van der Waals surface area contributed by atoms with Crippen LogP contribution in [0.25, 0.3) is 5.69 Å². The Bertz CT molecular complexity index is 1180. The topological polar surface area (TPSA) is 67.2 Å². The Morgan fingerprint density at radius 3 is 2.53 bits per heavy atom. The van der Waals surface area contributed by atoms with Crippen LogP contribution in [0.5, 0.6) is 0 Å². The van der Waals surface area contributed by atoms with Crippen LogP contribution in [-0.4, -0.2) is 39.9 Å².